The summed E-state index contributed by atoms with van der Waals surface area (Å²) in [6.07, 6.45) is -2.01. The van der Waals surface area contributed by atoms with E-state index in [1.54, 1.807) is 19.1 Å². The molecule has 0 aromatic heterocycles. The van der Waals surface area contributed by atoms with Gasteiger partial charge in [0.15, 0.2) is 12.0 Å². The van der Waals surface area contributed by atoms with Crippen molar-refractivity contribution in [2.24, 2.45) is 0 Å². The molecule has 0 radical (unpaired) electrons. The van der Waals surface area contributed by atoms with Crippen LogP contribution in [0.1, 0.15) is 39.6 Å². The monoisotopic (exact) mass is 302 g/mol. The van der Waals surface area contributed by atoms with Gasteiger partial charge in [0.1, 0.15) is 5.54 Å². The number of hydrogen-bond acceptors (Lipinski definition) is 5. The van der Waals surface area contributed by atoms with Crippen molar-refractivity contribution in [2.45, 2.75) is 32.0 Å². The largest absolute Gasteiger partial charge is 0.367 e. The molecular formula is C15H14N2O5. The lowest BCUT2D eigenvalue weighted by atomic mass is 9.87. The molecule has 0 bridgehead atoms. The van der Waals surface area contributed by atoms with Crippen LogP contribution in [-0.2, 0) is 9.59 Å². The highest BCUT2D eigenvalue weighted by Crippen LogP contribution is 2.34. The summed E-state index contributed by atoms with van der Waals surface area (Å²) in [5.41, 5.74) is -0.544. The van der Waals surface area contributed by atoms with Crippen LogP contribution in [0.2, 0.25) is 0 Å². The van der Waals surface area contributed by atoms with Crippen LogP contribution in [-0.4, -0.2) is 45.3 Å². The predicted molar refractivity (Wildman–Crippen MR) is 73.9 cm³/mol. The van der Waals surface area contributed by atoms with E-state index in [0.717, 1.165) is 4.90 Å². The van der Waals surface area contributed by atoms with E-state index in [2.05, 4.69) is 5.32 Å². The van der Waals surface area contributed by atoms with Crippen molar-refractivity contribution >= 4 is 23.5 Å². The first-order valence-electron chi connectivity index (χ1n) is 6.77. The highest BCUT2D eigenvalue weighted by Gasteiger charge is 2.55. The Labute approximate surface area is 125 Å². The zero-order valence-electron chi connectivity index (χ0n) is 12.0. The molecule has 1 saturated heterocycles. The number of amides is 3. The zero-order chi connectivity index (χ0) is 16.2. The van der Waals surface area contributed by atoms with Crippen LogP contribution in [0.3, 0.4) is 0 Å². The number of Topliss-reactive ketones (excluding diaryl/α,β-unsaturated/α-hetero) is 1. The van der Waals surface area contributed by atoms with E-state index in [1.807, 2.05) is 0 Å². The number of nitrogens with one attached hydrogen (secondary N) is 1. The molecule has 2 aliphatic rings. The highest BCUT2D eigenvalue weighted by molar-refractivity contribution is 6.24. The van der Waals surface area contributed by atoms with Crippen molar-refractivity contribution < 1.29 is 24.3 Å². The number of rotatable bonds is 1. The number of aliphatic hydroxyl groups is 1. The molecule has 3 amide bonds. The van der Waals surface area contributed by atoms with Crippen molar-refractivity contribution in [3.63, 3.8) is 0 Å². The molecule has 7 heteroatoms. The van der Waals surface area contributed by atoms with E-state index in [1.165, 1.54) is 13.0 Å². The fraction of sp³-hybridized carbons (Fsp3) is 0.333. The van der Waals surface area contributed by atoms with Gasteiger partial charge in [-0.3, -0.25) is 24.1 Å². The van der Waals surface area contributed by atoms with E-state index < -0.39 is 41.7 Å². The number of ketones is 1. The van der Waals surface area contributed by atoms with Crippen molar-refractivity contribution in [1.82, 2.24) is 10.2 Å². The summed E-state index contributed by atoms with van der Waals surface area (Å²) in [5, 5.41) is 11.5. The number of imide groups is 1. The van der Waals surface area contributed by atoms with Crippen molar-refractivity contribution in [2.75, 3.05) is 0 Å². The first-order chi connectivity index (χ1) is 10.3. The van der Waals surface area contributed by atoms with Gasteiger partial charge in [0.2, 0.25) is 5.91 Å². The second kappa shape index (κ2) is 4.48. The number of aryl methyl sites for hydroxylation is 1. The molecule has 1 aromatic rings. The van der Waals surface area contributed by atoms with Crippen LogP contribution in [0.5, 0.6) is 0 Å². The second-order valence-corrected chi connectivity index (χ2v) is 5.74. The summed E-state index contributed by atoms with van der Waals surface area (Å²) in [5.74, 6) is -2.58. The van der Waals surface area contributed by atoms with E-state index >= 15 is 0 Å². The minimum atomic E-state index is -1.64. The normalized spacial score (nSPS) is 28.0. The molecule has 2 atom stereocenters. The Balaban J connectivity index is 2.09. The van der Waals surface area contributed by atoms with Crippen LogP contribution in [0.25, 0.3) is 0 Å². The standard InChI is InChI=1S/C15H14N2O5/c1-7-4-3-5-8-10(7)13(21)17(12(8)20)15(2)6-9(18)11(19)16-14(15)22/h3-5,11,19H,6H2,1-2H3,(H,16,22). The minimum absolute atomic E-state index is 0.220. The van der Waals surface area contributed by atoms with Gasteiger partial charge in [0.25, 0.3) is 11.8 Å². The smallest absolute Gasteiger partial charge is 0.262 e. The fourth-order valence-electron chi connectivity index (χ4n) is 2.96. The molecule has 2 N–H and O–H groups in total. The predicted octanol–water partition coefficient (Wildman–Crippen LogP) is -0.243. The third kappa shape index (κ3) is 1.72. The van der Waals surface area contributed by atoms with E-state index in [-0.39, 0.29) is 11.1 Å². The lowest BCUT2D eigenvalue weighted by Gasteiger charge is -2.39. The van der Waals surface area contributed by atoms with Gasteiger partial charge in [0, 0.05) is 6.42 Å². The lowest BCUT2D eigenvalue weighted by molar-refractivity contribution is -0.149. The SMILES string of the molecule is Cc1cccc2c1C(=O)N(C1(C)CC(=O)C(O)NC1=O)C2=O. The van der Waals surface area contributed by atoms with Crippen LogP contribution >= 0.6 is 0 Å². The highest BCUT2D eigenvalue weighted by atomic mass is 16.3. The number of piperidine rings is 1. The van der Waals surface area contributed by atoms with Gasteiger partial charge in [0.05, 0.1) is 11.1 Å². The number of hydrogen-bond donors (Lipinski definition) is 2. The minimum Gasteiger partial charge on any atom is -0.367 e. The van der Waals surface area contributed by atoms with Gasteiger partial charge in [-0.1, -0.05) is 12.1 Å². The average molecular weight is 302 g/mol. The van der Waals surface area contributed by atoms with Crippen LogP contribution < -0.4 is 5.32 Å². The topological polar surface area (TPSA) is 104 Å². The summed E-state index contributed by atoms with van der Waals surface area (Å²) in [4.78, 5) is 50.0. The van der Waals surface area contributed by atoms with Crippen LogP contribution in [0, 0.1) is 6.92 Å². The van der Waals surface area contributed by atoms with E-state index in [0.29, 0.717) is 5.56 Å². The van der Waals surface area contributed by atoms with Gasteiger partial charge >= 0.3 is 0 Å². The number of benzene rings is 1. The zero-order valence-corrected chi connectivity index (χ0v) is 12.0. The fourth-order valence-corrected chi connectivity index (χ4v) is 2.96. The number of nitrogens with zero attached hydrogens (tertiary/aromatic N) is 1. The quantitative estimate of drug-likeness (QED) is 0.697. The molecule has 0 aliphatic carbocycles. The van der Waals surface area contributed by atoms with Gasteiger partial charge in [-0.2, -0.15) is 0 Å². The van der Waals surface area contributed by atoms with E-state index in [9.17, 15) is 24.3 Å². The molecule has 22 heavy (non-hydrogen) atoms. The van der Waals surface area contributed by atoms with Crippen LogP contribution in [0.15, 0.2) is 18.2 Å². The van der Waals surface area contributed by atoms with Gasteiger partial charge < -0.3 is 10.4 Å². The Morgan fingerprint density at radius 1 is 1.23 bits per heavy atom. The number of carbonyl (C=O) groups excluding carboxylic acids is 4. The molecule has 1 fully saturated rings. The molecule has 0 spiro atoms. The maximum absolute atomic E-state index is 12.6. The van der Waals surface area contributed by atoms with E-state index in [4.69, 9.17) is 0 Å². The van der Waals surface area contributed by atoms with Crippen molar-refractivity contribution in [3.05, 3.63) is 34.9 Å². The molecule has 2 aliphatic heterocycles. The lowest BCUT2D eigenvalue weighted by Crippen LogP contribution is -2.66. The van der Waals surface area contributed by atoms with Crippen LogP contribution in [0.4, 0.5) is 0 Å². The van der Waals surface area contributed by atoms with Gasteiger partial charge in [-0.05, 0) is 25.5 Å². The molecule has 1 aromatic carbocycles. The third-order valence-electron chi connectivity index (χ3n) is 4.20. The maximum Gasteiger partial charge on any atom is 0.262 e. The van der Waals surface area contributed by atoms with Crippen molar-refractivity contribution in [1.29, 1.82) is 0 Å². The summed E-state index contributed by atoms with van der Waals surface area (Å²) in [7, 11) is 0. The summed E-state index contributed by atoms with van der Waals surface area (Å²) < 4.78 is 0. The summed E-state index contributed by atoms with van der Waals surface area (Å²) in [6, 6.07) is 4.87. The van der Waals surface area contributed by atoms with Gasteiger partial charge in [-0.15, -0.1) is 0 Å². The molecular weight excluding hydrogens is 288 g/mol. The maximum atomic E-state index is 12.6. The molecule has 2 heterocycles. The Morgan fingerprint density at radius 3 is 2.55 bits per heavy atom. The Hall–Kier alpha value is -2.54. The molecule has 114 valence electrons. The first kappa shape index (κ1) is 14.4. The second-order valence-electron chi connectivity index (χ2n) is 5.74. The Bertz CT molecular complexity index is 741. The Kier molecular flexibility index (Phi) is 2.93. The van der Waals surface area contributed by atoms with Gasteiger partial charge in [-0.25, -0.2) is 0 Å². The summed E-state index contributed by atoms with van der Waals surface area (Å²) >= 11 is 0. The summed E-state index contributed by atoms with van der Waals surface area (Å²) in [6.45, 7) is 3.05. The van der Waals surface area contributed by atoms with Crippen molar-refractivity contribution in [3.8, 4) is 0 Å². The molecule has 3 rings (SSSR count). The molecule has 7 nitrogen and oxygen atoms in total. The third-order valence-corrected chi connectivity index (χ3v) is 4.20. The molecule has 0 saturated carbocycles. The number of fused-ring (bicyclic) bond motifs is 1. The average Bonchev–Trinajstić information content (AvgIpc) is 2.70. The number of carbonyl (C=O) groups is 4. The Morgan fingerprint density at radius 2 is 1.91 bits per heavy atom. The first-order valence-corrected chi connectivity index (χ1v) is 6.77. The number of aliphatic hydroxyl groups excluding tert-OH is 1. The molecule has 2 unspecified atom stereocenters.